The highest BCUT2D eigenvalue weighted by Crippen LogP contribution is 2.43. The Balaban J connectivity index is 2.62. The third-order valence-corrected chi connectivity index (χ3v) is 2.65. The lowest BCUT2D eigenvalue weighted by Crippen LogP contribution is -2.25. The van der Waals surface area contributed by atoms with Gasteiger partial charge in [0, 0.05) is 6.42 Å². The van der Waals surface area contributed by atoms with Crippen molar-refractivity contribution in [2.75, 3.05) is 0 Å². The number of ether oxygens (including phenoxy) is 1. The zero-order valence-electron chi connectivity index (χ0n) is 9.35. The molecule has 1 aromatic carbocycles. The van der Waals surface area contributed by atoms with Crippen molar-refractivity contribution in [3.8, 4) is 11.8 Å². The van der Waals surface area contributed by atoms with Crippen molar-refractivity contribution in [2.45, 2.75) is 32.0 Å². The molecule has 0 saturated carbocycles. The largest absolute Gasteiger partial charge is 0.486 e. The van der Waals surface area contributed by atoms with Crippen LogP contribution in [-0.4, -0.2) is 5.60 Å². The number of fused-ring (bicyclic) bond motifs is 1. The molecule has 2 rings (SSSR count). The Kier molecular flexibility index (Phi) is 2.35. The summed E-state index contributed by atoms with van der Waals surface area (Å²) in [5, 5.41) is 8.89. The molecule has 17 heavy (non-hydrogen) atoms. The van der Waals surface area contributed by atoms with Crippen molar-refractivity contribution in [3.05, 3.63) is 28.8 Å². The van der Waals surface area contributed by atoms with E-state index in [1.54, 1.807) is 19.9 Å². The lowest BCUT2D eigenvalue weighted by molar-refractivity contribution is -0.137. The number of rotatable bonds is 0. The summed E-state index contributed by atoms with van der Waals surface area (Å²) in [6.07, 6.45) is -4.02. The number of alkyl halides is 3. The molecule has 0 atom stereocenters. The second-order valence-electron chi connectivity index (χ2n) is 4.62. The molecule has 0 spiro atoms. The normalized spacial score (nSPS) is 17.2. The molecule has 0 saturated heterocycles. The summed E-state index contributed by atoms with van der Waals surface area (Å²) < 4.78 is 43.5. The Bertz CT molecular complexity index is 512. The first-order valence-electron chi connectivity index (χ1n) is 5.07. The summed E-state index contributed by atoms with van der Waals surface area (Å²) in [5.41, 5.74) is -1.26. The van der Waals surface area contributed by atoms with Crippen molar-refractivity contribution in [3.63, 3.8) is 0 Å². The van der Waals surface area contributed by atoms with Crippen LogP contribution in [0.25, 0.3) is 0 Å². The number of hydrogen-bond donors (Lipinski definition) is 0. The highest BCUT2D eigenvalue weighted by molar-refractivity contribution is 5.56. The van der Waals surface area contributed by atoms with E-state index in [-0.39, 0.29) is 5.75 Å². The molecule has 0 bridgehead atoms. The van der Waals surface area contributed by atoms with Gasteiger partial charge in [-0.3, -0.25) is 0 Å². The zero-order valence-corrected chi connectivity index (χ0v) is 9.35. The Hall–Kier alpha value is -1.70. The van der Waals surface area contributed by atoms with Crippen molar-refractivity contribution >= 4 is 0 Å². The van der Waals surface area contributed by atoms with Crippen molar-refractivity contribution in [1.29, 1.82) is 5.26 Å². The molecule has 0 fully saturated rings. The smallest absolute Gasteiger partial charge is 0.417 e. The lowest BCUT2D eigenvalue weighted by atomic mass is 9.98. The number of halogens is 3. The van der Waals surface area contributed by atoms with Crippen LogP contribution in [0.4, 0.5) is 13.2 Å². The summed E-state index contributed by atoms with van der Waals surface area (Å²) in [6.45, 7) is 3.56. The molecule has 0 N–H and O–H groups in total. The van der Waals surface area contributed by atoms with Crippen molar-refractivity contribution in [1.82, 2.24) is 0 Å². The van der Waals surface area contributed by atoms with Crippen LogP contribution < -0.4 is 4.74 Å². The van der Waals surface area contributed by atoms with Gasteiger partial charge in [-0.05, 0) is 25.5 Å². The number of nitriles is 1. The first-order chi connectivity index (χ1) is 7.74. The summed E-state index contributed by atoms with van der Waals surface area (Å²) in [4.78, 5) is 0. The van der Waals surface area contributed by atoms with E-state index < -0.39 is 22.9 Å². The standard InChI is InChI=1S/C12H10F3NO/c1-11(2)5-7-3-4-9(12(13,14)15)8(6-16)10(7)17-11/h3-4H,5H2,1-2H3. The van der Waals surface area contributed by atoms with Gasteiger partial charge in [0.2, 0.25) is 0 Å². The van der Waals surface area contributed by atoms with E-state index in [2.05, 4.69) is 0 Å². The van der Waals surface area contributed by atoms with Gasteiger partial charge in [-0.25, -0.2) is 0 Å². The monoisotopic (exact) mass is 241 g/mol. The first-order valence-corrected chi connectivity index (χ1v) is 5.07. The second kappa shape index (κ2) is 3.39. The molecule has 0 unspecified atom stereocenters. The number of nitrogens with zero attached hydrogens (tertiary/aromatic N) is 1. The fourth-order valence-electron chi connectivity index (χ4n) is 2.00. The first kappa shape index (κ1) is 11.8. The topological polar surface area (TPSA) is 33.0 Å². The summed E-state index contributed by atoms with van der Waals surface area (Å²) in [5.74, 6) is 0.0762. The molecule has 1 aromatic rings. The van der Waals surface area contributed by atoms with Gasteiger partial charge in [0.05, 0.1) is 5.56 Å². The second-order valence-corrected chi connectivity index (χ2v) is 4.62. The highest BCUT2D eigenvalue weighted by atomic mass is 19.4. The molecule has 0 aliphatic carbocycles. The average molecular weight is 241 g/mol. The van der Waals surface area contributed by atoms with Crippen molar-refractivity contribution in [2.24, 2.45) is 0 Å². The maximum Gasteiger partial charge on any atom is 0.417 e. The lowest BCUT2D eigenvalue weighted by Gasteiger charge is -2.18. The Morgan fingerprint density at radius 1 is 1.35 bits per heavy atom. The SMILES string of the molecule is CC1(C)Cc2ccc(C(F)(F)F)c(C#N)c2O1. The average Bonchev–Trinajstić information content (AvgIpc) is 2.48. The van der Waals surface area contributed by atoms with Crippen LogP contribution in [0.5, 0.6) is 5.75 Å². The Morgan fingerprint density at radius 2 is 2.00 bits per heavy atom. The quantitative estimate of drug-likeness (QED) is 0.698. The number of benzene rings is 1. The maximum atomic E-state index is 12.7. The van der Waals surface area contributed by atoms with Gasteiger partial charge in [-0.2, -0.15) is 18.4 Å². The van der Waals surface area contributed by atoms with Gasteiger partial charge in [-0.15, -0.1) is 0 Å². The van der Waals surface area contributed by atoms with Crippen LogP contribution in [-0.2, 0) is 12.6 Å². The van der Waals surface area contributed by atoms with Crippen LogP contribution in [0, 0.1) is 11.3 Å². The number of hydrogen-bond acceptors (Lipinski definition) is 2. The van der Waals surface area contributed by atoms with Gasteiger partial charge in [-0.1, -0.05) is 6.07 Å². The van der Waals surface area contributed by atoms with Crippen LogP contribution in [0.1, 0.15) is 30.5 Å². The fraction of sp³-hybridized carbons (Fsp3) is 0.417. The zero-order chi connectivity index (χ0) is 12.8. The molecule has 1 aliphatic heterocycles. The predicted octanol–water partition coefficient (Wildman–Crippen LogP) is 3.29. The minimum atomic E-state index is -4.53. The van der Waals surface area contributed by atoms with E-state index >= 15 is 0 Å². The van der Waals surface area contributed by atoms with Crippen LogP contribution in [0.2, 0.25) is 0 Å². The molecule has 1 aliphatic rings. The molecule has 5 heteroatoms. The Morgan fingerprint density at radius 3 is 2.53 bits per heavy atom. The molecule has 0 aromatic heterocycles. The summed E-state index contributed by atoms with van der Waals surface area (Å²) in [7, 11) is 0. The van der Waals surface area contributed by atoms with E-state index in [1.807, 2.05) is 0 Å². The predicted molar refractivity (Wildman–Crippen MR) is 54.6 cm³/mol. The molecule has 2 nitrogen and oxygen atoms in total. The van der Waals surface area contributed by atoms with Gasteiger partial charge >= 0.3 is 6.18 Å². The van der Waals surface area contributed by atoms with E-state index in [9.17, 15) is 13.2 Å². The van der Waals surface area contributed by atoms with Crippen LogP contribution >= 0.6 is 0 Å². The molecule has 0 amide bonds. The van der Waals surface area contributed by atoms with E-state index in [0.29, 0.717) is 12.0 Å². The third-order valence-electron chi connectivity index (χ3n) is 2.65. The fourth-order valence-corrected chi connectivity index (χ4v) is 2.00. The summed E-state index contributed by atoms with van der Waals surface area (Å²) >= 11 is 0. The Labute approximate surface area is 96.6 Å². The van der Waals surface area contributed by atoms with E-state index in [1.165, 1.54) is 6.07 Å². The van der Waals surface area contributed by atoms with E-state index in [4.69, 9.17) is 10.00 Å². The summed E-state index contributed by atoms with van der Waals surface area (Å²) in [6, 6.07) is 3.92. The van der Waals surface area contributed by atoms with Gasteiger partial charge in [0.1, 0.15) is 23.0 Å². The third kappa shape index (κ3) is 1.95. The van der Waals surface area contributed by atoms with Crippen LogP contribution in [0.15, 0.2) is 12.1 Å². The minimum Gasteiger partial charge on any atom is -0.486 e. The van der Waals surface area contributed by atoms with Crippen molar-refractivity contribution < 1.29 is 17.9 Å². The minimum absolute atomic E-state index is 0.0762. The maximum absolute atomic E-state index is 12.7. The van der Waals surface area contributed by atoms with Gasteiger partial charge in [0.25, 0.3) is 0 Å². The molecule has 1 heterocycles. The van der Waals surface area contributed by atoms with Gasteiger partial charge < -0.3 is 4.74 Å². The molecular formula is C12H10F3NO. The molecular weight excluding hydrogens is 231 g/mol. The van der Waals surface area contributed by atoms with Crippen LogP contribution in [0.3, 0.4) is 0 Å². The highest BCUT2D eigenvalue weighted by Gasteiger charge is 2.39. The van der Waals surface area contributed by atoms with Gasteiger partial charge in [0.15, 0.2) is 0 Å². The van der Waals surface area contributed by atoms with E-state index in [0.717, 1.165) is 6.07 Å². The molecule has 90 valence electrons. The molecule has 0 radical (unpaired) electrons.